The van der Waals surface area contributed by atoms with Crippen molar-refractivity contribution in [3.05, 3.63) is 6.43 Å². The largest absolute Gasteiger partial charge is 0.428 e. The van der Waals surface area contributed by atoms with Gasteiger partial charge in [0.05, 0.1) is 0 Å². The molecule has 1 heterocycles. The van der Waals surface area contributed by atoms with Gasteiger partial charge in [-0.15, -0.1) is 0 Å². The fraction of sp³-hybridized carbons (Fsp3) is 0.750. The first-order valence-corrected chi connectivity index (χ1v) is 2.48. The van der Waals surface area contributed by atoms with Crippen molar-refractivity contribution < 1.29 is 35.5 Å². The van der Waals surface area contributed by atoms with Crippen LogP contribution in [0.15, 0.2) is 0 Å². The van der Waals surface area contributed by atoms with Crippen LogP contribution in [0.4, 0.5) is 30.7 Å². The molecule has 0 spiro atoms. The normalized spacial score (nSPS) is 38.0. The Hall–Kier alpha value is -0.530. The van der Waals surface area contributed by atoms with Crippen molar-refractivity contribution in [2.24, 2.45) is 0 Å². The molecule has 0 aromatic carbocycles. The van der Waals surface area contributed by atoms with Crippen LogP contribution in [0, 0.1) is 6.43 Å². The molecule has 1 saturated heterocycles. The molecule has 1 nitrogen and oxygen atoms in total. The molecule has 12 heavy (non-hydrogen) atoms. The summed E-state index contributed by atoms with van der Waals surface area (Å²) in [5.74, 6) is -10.5. The van der Waals surface area contributed by atoms with Crippen LogP contribution < -0.4 is 0 Å². The van der Waals surface area contributed by atoms with Crippen LogP contribution in [0.3, 0.4) is 0 Å². The van der Waals surface area contributed by atoms with Crippen LogP contribution in [-0.2, 0) is 4.74 Å². The molecule has 1 aliphatic rings. The average Bonchev–Trinajstić information content (AvgIpc) is 1.85. The summed E-state index contributed by atoms with van der Waals surface area (Å²) >= 11 is 0. The molecule has 0 aliphatic carbocycles. The SMILES string of the molecule is F[C](F)C1(F)OC(F)(F)C1(F)F. The van der Waals surface area contributed by atoms with E-state index < -0.39 is 24.3 Å². The fourth-order valence-electron chi connectivity index (χ4n) is 0.603. The van der Waals surface area contributed by atoms with Crippen LogP contribution in [0.5, 0.6) is 0 Å². The molecule has 0 N–H and O–H groups in total. The van der Waals surface area contributed by atoms with E-state index in [0.29, 0.717) is 0 Å². The summed E-state index contributed by atoms with van der Waals surface area (Å²) in [4.78, 5) is 0. The Morgan fingerprint density at radius 3 is 1.42 bits per heavy atom. The molecule has 0 saturated carbocycles. The minimum absolute atomic E-state index is 2.45. The summed E-state index contributed by atoms with van der Waals surface area (Å²) in [5, 5.41) is 0. The second-order valence-electron chi connectivity index (χ2n) is 2.05. The zero-order chi connectivity index (χ0) is 9.78. The number of alkyl halides is 5. The van der Waals surface area contributed by atoms with Gasteiger partial charge in [0.2, 0.25) is 0 Å². The van der Waals surface area contributed by atoms with Gasteiger partial charge in [-0.25, -0.2) is 0 Å². The number of hydrogen-bond acceptors (Lipinski definition) is 1. The summed E-state index contributed by atoms with van der Waals surface area (Å²) in [5.41, 5.74) is 0. The molecule has 1 aliphatic heterocycles. The van der Waals surface area contributed by atoms with Crippen molar-refractivity contribution in [3.63, 3.8) is 0 Å². The lowest BCUT2D eigenvalue weighted by molar-refractivity contribution is -0.551. The molecule has 0 aromatic rings. The van der Waals surface area contributed by atoms with Crippen LogP contribution in [0.25, 0.3) is 0 Å². The van der Waals surface area contributed by atoms with Gasteiger partial charge in [0.25, 0.3) is 0 Å². The van der Waals surface area contributed by atoms with Crippen LogP contribution >= 0.6 is 0 Å². The van der Waals surface area contributed by atoms with Gasteiger partial charge in [0.15, 0.2) is 0 Å². The van der Waals surface area contributed by atoms with Gasteiger partial charge >= 0.3 is 24.3 Å². The van der Waals surface area contributed by atoms with Gasteiger partial charge in [-0.05, 0) is 0 Å². The third-order valence-electron chi connectivity index (χ3n) is 1.28. The highest BCUT2D eigenvalue weighted by atomic mass is 19.3. The van der Waals surface area contributed by atoms with Crippen LogP contribution in [0.2, 0.25) is 0 Å². The molecule has 71 valence electrons. The summed E-state index contributed by atoms with van der Waals surface area (Å²) in [6, 6.07) is 0. The molecule has 1 rings (SSSR count). The van der Waals surface area contributed by atoms with E-state index >= 15 is 0 Å². The van der Waals surface area contributed by atoms with Crippen LogP contribution in [0.1, 0.15) is 0 Å². The number of ether oxygens (including phenoxy) is 1. The lowest BCUT2D eigenvalue weighted by Crippen LogP contribution is -2.73. The van der Waals surface area contributed by atoms with Crippen LogP contribution in [-0.4, -0.2) is 17.9 Å². The number of halogens is 7. The first kappa shape index (κ1) is 9.56. The van der Waals surface area contributed by atoms with E-state index in [4.69, 9.17) is 0 Å². The van der Waals surface area contributed by atoms with Crippen molar-refractivity contribution >= 4 is 0 Å². The highest BCUT2D eigenvalue weighted by molar-refractivity contribution is 5.10. The molecule has 0 bridgehead atoms. The second-order valence-corrected chi connectivity index (χ2v) is 2.05. The molecular weight excluding hydrogens is 197 g/mol. The van der Waals surface area contributed by atoms with Crippen molar-refractivity contribution in [2.45, 2.75) is 17.9 Å². The van der Waals surface area contributed by atoms with E-state index in [2.05, 4.69) is 4.74 Å². The predicted molar refractivity (Wildman–Crippen MR) is 20.3 cm³/mol. The molecule has 1 atom stereocenters. The van der Waals surface area contributed by atoms with Crippen molar-refractivity contribution in [2.75, 3.05) is 0 Å². The van der Waals surface area contributed by atoms with E-state index in [9.17, 15) is 30.7 Å². The Kier molecular flexibility index (Phi) is 1.62. The zero-order valence-electron chi connectivity index (χ0n) is 5.05. The first-order valence-electron chi connectivity index (χ1n) is 2.48. The van der Waals surface area contributed by atoms with Gasteiger partial charge in [-0.3, -0.25) is 4.74 Å². The lowest BCUT2D eigenvalue weighted by Gasteiger charge is -2.45. The van der Waals surface area contributed by atoms with Gasteiger partial charge in [-0.1, -0.05) is 0 Å². The van der Waals surface area contributed by atoms with Crippen molar-refractivity contribution in [1.29, 1.82) is 0 Å². The standard InChI is InChI=1S/C4F7O/c5-1(6)2(7)3(8,9)4(10,11)12-2. The molecule has 1 unspecified atom stereocenters. The Balaban J connectivity index is 2.91. The Bertz CT molecular complexity index is 199. The van der Waals surface area contributed by atoms with E-state index in [1.807, 2.05) is 0 Å². The van der Waals surface area contributed by atoms with Gasteiger partial charge in [0.1, 0.15) is 0 Å². The average molecular weight is 197 g/mol. The Labute approximate surface area is 61.1 Å². The maximum absolute atomic E-state index is 12.1. The van der Waals surface area contributed by atoms with Gasteiger partial charge in [0, 0.05) is 0 Å². The minimum atomic E-state index is -5.52. The Morgan fingerprint density at radius 1 is 0.917 bits per heavy atom. The van der Waals surface area contributed by atoms with E-state index in [0.717, 1.165) is 0 Å². The van der Waals surface area contributed by atoms with Crippen molar-refractivity contribution in [3.8, 4) is 0 Å². The fourth-order valence-corrected chi connectivity index (χ4v) is 0.603. The first-order chi connectivity index (χ1) is 5.15. The molecule has 0 aromatic heterocycles. The molecule has 1 radical (unpaired) electrons. The molecule has 0 amide bonds. The summed E-state index contributed by atoms with van der Waals surface area (Å²) in [6.07, 6.45) is -8.70. The van der Waals surface area contributed by atoms with E-state index in [-0.39, 0.29) is 0 Å². The summed E-state index contributed by atoms with van der Waals surface area (Å²) < 4.78 is 84.1. The highest BCUT2D eigenvalue weighted by Crippen LogP contribution is 2.61. The second kappa shape index (κ2) is 2.04. The third kappa shape index (κ3) is 0.782. The molecule has 8 heteroatoms. The Morgan fingerprint density at radius 2 is 1.33 bits per heavy atom. The lowest BCUT2D eigenvalue weighted by atomic mass is 10.0. The van der Waals surface area contributed by atoms with Gasteiger partial charge < -0.3 is 0 Å². The monoisotopic (exact) mass is 197 g/mol. The maximum Gasteiger partial charge on any atom is 0.428 e. The smallest absolute Gasteiger partial charge is 0.267 e. The quantitative estimate of drug-likeness (QED) is 0.586. The van der Waals surface area contributed by atoms with Crippen molar-refractivity contribution in [1.82, 2.24) is 0 Å². The molecule has 1 fully saturated rings. The minimum Gasteiger partial charge on any atom is -0.267 e. The summed E-state index contributed by atoms with van der Waals surface area (Å²) in [6.45, 7) is 0. The topological polar surface area (TPSA) is 9.23 Å². The number of rotatable bonds is 1. The third-order valence-corrected chi connectivity index (χ3v) is 1.28. The highest BCUT2D eigenvalue weighted by Gasteiger charge is 2.89. The molecular formula is C4F7O. The van der Waals surface area contributed by atoms with E-state index in [1.54, 1.807) is 0 Å². The van der Waals surface area contributed by atoms with Gasteiger partial charge in [-0.2, -0.15) is 30.7 Å². The zero-order valence-corrected chi connectivity index (χ0v) is 5.05. The maximum atomic E-state index is 12.1. The van der Waals surface area contributed by atoms with E-state index in [1.165, 1.54) is 0 Å². The summed E-state index contributed by atoms with van der Waals surface area (Å²) in [7, 11) is 0. The number of hydrogen-bond donors (Lipinski definition) is 0. The predicted octanol–water partition coefficient (Wildman–Crippen LogP) is 2.34.